The number of hydrogen-bond acceptors (Lipinski definition) is 2. The van der Waals surface area contributed by atoms with Crippen LogP contribution in [0.2, 0.25) is 0 Å². The molecule has 1 aromatic rings. The minimum Gasteiger partial charge on any atom is -0.314 e. The molecule has 2 heteroatoms. The van der Waals surface area contributed by atoms with Crippen LogP contribution < -0.4 is 5.32 Å². The van der Waals surface area contributed by atoms with Gasteiger partial charge in [-0.25, -0.2) is 0 Å². The minimum absolute atomic E-state index is 0.590. The zero-order valence-electron chi connectivity index (χ0n) is 11.9. The van der Waals surface area contributed by atoms with Crippen LogP contribution in [0.15, 0.2) is 24.3 Å². The van der Waals surface area contributed by atoms with Crippen LogP contribution in [0, 0.1) is 12.8 Å². The van der Waals surface area contributed by atoms with Gasteiger partial charge < -0.3 is 5.32 Å². The second kappa shape index (κ2) is 6.35. The molecule has 1 heterocycles. The van der Waals surface area contributed by atoms with Crippen molar-refractivity contribution in [3.8, 4) is 0 Å². The van der Waals surface area contributed by atoms with Crippen LogP contribution in [-0.2, 0) is 0 Å². The van der Waals surface area contributed by atoms with Crippen molar-refractivity contribution in [2.24, 2.45) is 5.92 Å². The molecule has 1 aromatic carbocycles. The SMILES string of the molecule is Cc1ccc([C@H](CC(C)C)N2CCNCC2)cc1. The van der Waals surface area contributed by atoms with E-state index in [1.165, 1.54) is 30.6 Å². The lowest BCUT2D eigenvalue weighted by Gasteiger charge is -2.36. The zero-order chi connectivity index (χ0) is 13.0. The predicted octanol–water partition coefficient (Wildman–Crippen LogP) is 2.99. The summed E-state index contributed by atoms with van der Waals surface area (Å²) in [4.78, 5) is 2.64. The van der Waals surface area contributed by atoms with Crippen LogP contribution >= 0.6 is 0 Å². The maximum absolute atomic E-state index is 3.44. The molecule has 0 spiro atoms. The number of aryl methyl sites for hydroxylation is 1. The van der Waals surface area contributed by atoms with E-state index < -0.39 is 0 Å². The zero-order valence-corrected chi connectivity index (χ0v) is 11.9. The summed E-state index contributed by atoms with van der Waals surface area (Å²) in [7, 11) is 0. The Labute approximate surface area is 111 Å². The van der Waals surface area contributed by atoms with Gasteiger partial charge in [0.15, 0.2) is 0 Å². The average molecular weight is 246 g/mol. The average Bonchev–Trinajstić information content (AvgIpc) is 2.38. The summed E-state index contributed by atoms with van der Waals surface area (Å²) in [6.07, 6.45) is 1.25. The van der Waals surface area contributed by atoms with Crippen molar-refractivity contribution < 1.29 is 0 Å². The standard InChI is InChI=1S/C16H26N2/c1-13(2)12-16(18-10-8-17-9-11-18)15-6-4-14(3)5-7-15/h4-7,13,16-17H,8-12H2,1-3H3/t16-/m0/s1. The highest BCUT2D eigenvalue weighted by atomic mass is 15.2. The van der Waals surface area contributed by atoms with E-state index >= 15 is 0 Å². The molecule has 1 aliphatic heterocycles. The summed E-state index contributed by atoms with van der Waals surface area (Å²) in [5.74, 6) is 0.742. The number of benzene rings is 1. The Bertz CT molecular complexity index is 350. The first kappa shape index (κ1) is 13.6. The summed E-state index contributed by atoms with van der Waals surface area (Å²) in [5, 5.41) is 3.44. The van der Waals surface area contributed by atoms with Gasteiger partial charge in [-0.15, -0.1) is 0 Å². The summed E-state index contributed by atoms with van der Waals surface area (Å²) < 4.78 is 0. The van der Waals surface area contributed by atoms with Gasteiger partial charge in [0.25, 0.3) is 0 Å². The summed E-state index contributed by atoms with van der Waals surface area (Å²) in [6.45, 7) is 11.4. The molecule has 100 valence electrons. The van der Waals surface area contributed by atoms with E-state index in [9.17, 15) is 0 Å². The maximum Gasteiger partial charge on any atom is 0.0351 e. The number of piperazine rings is 1. The molecule has 0 amide bonds. The van der Waals surface area contributed by atoms with Crippen LogP contribution in [0.25, 0.3) is 0 Å². The highest BCUT2D eigenvalue weighted by Crippen LogP contribution is 2.28. The Morgan fingerprint density at radius 2 is 1.72 bits per heavy atom. The molecular weight excluding hydrogens is 220 g/mol. The third kappa shape index (κ3) is 3.56. The van der Waals surface area contributed by atoms with Crippen molar-refractivity contribution in [2.75, 3.05) is 26.2 Å². The first-order valence-electron chi connectivity index (χ1n) is 7.18. The lowest BCUT2D eigenvalue weighted by molar-refractivity contribution is 0.154. The van der Waals surface area contributed by atoms with E-state index in [0.29, 0.717) is 6.04 Å². The van der Waals surface area contributed by atoms with Gasteiger partial charge in [-0.05, 0) is 24.8 Å². The quantitative estimate of drug-likeness (QED) is 0.878. The van der Waals surface area contributed by atoms with Crippen LogP contribution in [-0.4, -0.2) is 31.1 Å². The van der Waals surface area contributed by atoms with E-state index in [1.807, 2.05) is 0 Å². The number of nitrogens with zero attached hydrogens (tertiary/aromatic N) is 1. The molecule has 1 aliphatic rings. The first-order chi connectivity index (χ1) is 8.66. The van der Waals surface area contributed by atoms with Crippen LogP contribution in [0.3, 0.4) is 0 Å². The fourth-order valence-corrected chi connectivity index (χ4v) is 2.72. The Kier molecular flexibility index (Phi) is 4.79. The van der Waals surface area contributed by atoms with E-state index in [-0.39, 0.29) is 0 Å². The molecule has 0 radical (unpaired) electrons. The van der Waals surface area contributed by atoms with Gasteiger partial charge in [0.2, 0.25) is 0 Å². The number of nitrogens with one attached hydrogen (secondary N) is 1. The van der Waals surface area contributed by atoms with Crippen LogP contribution in [0.4, 0.5) is 0 Å². The van der Waals surface area contributed by atoms with Gasteiger partial charge in [0.05, 0.1) is 0 Å². The highest BCUT2D eigenvalue weighted by molar-refractivity contribution is 5.24. The number of hydrogen-bond donors (Lipinski definition) is 1. The second-order valence-corrected chi connectivity index (χ2v) is 5.84. The normalized spacial score (nSPS) is 19.1. The van der Waals surface area contributed by atoms with Gasteiger partial charge in [0.1, 0.15) is 0 Å². The summed E-state index contributed by atoms with van der Waals surface area (Å²) >= 11 is 0. The molecule has 1 N–H and O–H groups in total. The summed E-state index contributed by atoms with van der Waals surface area (Å²) in [5.41, 5.74) is 2.83. The van der Waals surface area contributed by atoms with Gasteiger partial charge in [-0.1, -0.05) is 43.7 Å². The molecule has 18 heavy (non-hydrogen) atoms. The smallest absolute Gasteiger partial charge is 0.0351 e. The van der Waals surface area contributed by atoms with Crippen molar-refractivity contribution in [1.29, 1.82) is 0 Å². The topological polar surface area (TPSA) is 15.3 Å². The van der Waals surface area contributed by atoms with Crippen molar-refractivity contribution >= 4 is 0 Å². The Hall–Kier alpha value is -0.860. The monoisotopic (exact) mass is 246 g/mol. The molecule has 0 aliphatic carbocycles. The van der Waals surface area contributed by atoms with Crippen molar-refractivity contribution in [1.82, 2.24) is 10.2 Å². The lowest BCUT2D eigenvalue weighted by Crippen LogP contribution is -2.45. The molecule has 0 saturated carbocycles. The third-order valence-corrected chi connectivity index (χ3v) is 3.75. The first-order valence-corrected chi connectivity index (χ1v) is 7.18. The molecule has 0 bridgehead atoms. The van der Waals surface area contributed by atoms with Crippen LogP contribution in [0.5, 0.6) is 0 Å². The maximum atomic E-state index is 3.44. The Balaban J connectivity index is 2.15. The fraction of sp³-hybridized carbons (Fsp3) is 0.625. The van der Waals surface area contributed by atoms with Crippen molar-refractivity contribution in [3.05, 3.63) is 35.4 Å². The number of rotatable bonds is 4. The van der Waals surface area contributed by atoms with E-state index in [4.69, 9.17) is 0 Å². The van der Waals surface area contributed by atoms with E-state index in [0.717, 1.165) is 19.0 Å². The van der Waals surface area contributed by atoms with Gasteiger partial charge >= 0.3 is 0 Å². The summed E-state index contributed by atoms with van der Waals surface area (Å²) in [6, 6.07) is 9.69. The lowest BCUT2D eigenvalue weighted by atomic mass is 9.94. The van der Waals surface area contributed by atoms with Gasteiger partial charge in [-0.3, -0.25) is 4.90 Å². The van der Waals surface area contributed by atoms with E-state index in [2.05, 4.69) is 55.3 Å². The van der Waals surface area contributed by atoms with Gasteiger partial charge in [0, 0.05) is 32.2 Å². The third-order valence-electron chi connectivity index (χ3n) is 3.75. The molecule has 1 atom stereocenters. The molecule has 1 fully saturated rings. The van der Waals surface area contributed by atoms with E-state index in [1.54, 1.807) is 0 Å². The van der Waals surface area contributed by atoms with Crippen molar-refractivity contribution in [2.45, 2.75) is 33.2 Å². The molecule has 0 unspecified atom stereocenters. The minimum atomic E-state index is 0.590. The largest absolute Gasteiger partial charge is 0.314 e. The molecule has 0 aromatic heterocycles. The van der Waals surface area contributed by atoms with Crippen molar-refractivity contribution in [3.63, 3.8) is 0 Å². The molecular formula is C16H26N2. The Morgan fingerprint density at radius 1 is 1.11 bits per heavy atom. The second-order valence-electron chi connectivity index (χ2n) is 5.84. The molecule has 2 rings (SSSR count). The fourth-order valence-electron chi connectivity index (χ4n) is 2.72. The molecule has 2 nitrogen and oxygen atoms in total. The Morgan fingerprint density at radius 3 is 2.28 bits per heavy atom. The van der Waals surface area contributed by atoms with Gasteiger partial charge in [-0.2, -0.15) is 0 Å². The molecule has 1 saturated heterocycles. The highest BCUT2D eigenvalue weighted by Gasteiger charge is 2.22. The van der Waals surface area contributed by atoms with Crippen LogP contribution in [0.1, 0.15) is 37.4 Å². The predicted molar refractivity (Wildman–Crippen MR) is 77.8 cm³/mol.